The van der Waals surface area contributed by atoms with Gasteiger partial charge >= 0.3 is 0 Å². The molecule has 4 rings (SSSR count). The van der Waals surface area contributed by atoms with Gasteiger partial charge in [-0.1, -0.05) is 30.3 Å². The van der Waals surface area contributed by atoms with Crippen molar-refractivity contribution in [2.75, 3.05) is 26.2 Å². The van der Waals surface area contributed by atoms with Crippen molar-refractivity contribution in [2.45, 2.75) is 31.7 Å². The Morgan fingerprint density at radius 3 is 2.64 bits per heavy atom. The maximum atomic E-state index is 13.2. The van der Waals surface area contributed by atoms with Gasteiger partial charge in [0.15, 0.2) is 0 Å². The fourth-order valence-electron chi connectivity index (χ4n) is 4.03. The van der Waals surface area contributed by atoms with Gasteiger partial charge in [-0.2, -0.15) is 0 Å². The normalized spacial score (nSPS) is 21.4. The van der Waals surface area contributed by atoms with E-state index in [2.05, 4.69) is 14.9 Å². The van der Waals surface area contributed by atoms with E-state index in [0.717, 1.165) is 30.8 Å². The van der Waals surface area contributed by atoms with Crippen LogP contribution in [0.4, 0.5) is 0 Å². The van der Waals surface area contributed by atoms with Crippen molar-refractivity contribution < 1.29 is 4.79 Å². The van der Waals surface area contributed by atoms with Crippen LogP contribution in [0, 0.1) is 0 Å². The first-order chi connectivity index (χ1) is 12.3. The van der Waals surface area contributed by atoms with Gasteiger partial charge in [0.1, 0.15) is 6.33 Å². The predicted octanol–water partition coefficient (Wildman–Crippen LogP) is 2.84. The van der Waals surface area contributed by atoms with Gasteiger partial charge in [-0.3, -0.25) is 9.69 Å². The van der Waals surface area contributed by atoms with Gasteiger partial charge in [-0.25, -0.2) is 9.97 Å². The van der Waals surface area contributed by atoms with Crippen molar-refractivity contribution in [1.82, 2.24) is 19.8 Å². The van der Waals surface area contributed by atoms with E-state index >= 15 is 0 Å². The van der Waals surface area contributed by atoms with E-state index in [9.17, 15) is 4.79 Å². The molecule has 2 aliphatic rings. The first kappa shape index (κ1) is 16.2. The second-order valence-electron chi connectivity index (χ2n) is 6.94. The second-order valence-corrected chi connectivity index (χ2v) is 6.94. The van der Waals surface area contributed by atoms with Crippen LogP contribution in [0.3, 0.4) is 0 Å². The molecule has 1 atom stereocenters. The topological polar surface area (TPSA) is 49.3 Å². The van der Waals surface area contributed by atoms with Gasteiger partial charge in [0.25, 0.3) is 5.91 Å². The number of amides is 1. The molecule has 1 amide bonds. The van der Waals surface area contributed by atoms with Gasteiger partial charge in [-0.15, -0.1) is 0 Å². The van der Waals surface area contributed by atoms with Gasteiger partial charge in [0.2, 0.25) is 0 Å². The zero-order valence-corrected chi connectivity index (χ0v) is 14.5. The highest BCUT2D eigenvalue weighted by molar-refractivity contribution is 5.99. The summed E-state index contributed by atoms with van der Waals surface area (Å²) in [5, 5.41) is 0. The maximum absolute atomic E-state index is 13.2. The molecular weight excluding hydrogens is 312 g/mol. The fourth-order valence-corrected chi connectivity index (χ4v) is 4.03. The standard InChI is InChI=1S/C20H24N4O/c25-20(24-12-6-9-17(14-24)23-10-4-5-11-23)18-13-21-15-22-19(18)16-7-2-1-3-8-16/h1-3,7-8,13,15,17H,4-6,9-12,14H2. The Morgan fingerprint density at radius 2 is 1.84 bits per heavy atom. The van der Waals surface area contributed by atoms with E-state index in [0.29, 0.717) is 11.6 Å². The smallest absolute Gasteiger partial charge is 0.257 e. The molecule has 0 aliphatic carbocycles. The van der Waals surface area contributed by atoms with Gasteiger partial charge < -0.3 is 4.90 Å². The second kappa shape index (κ2) is 7.31. The minimum atomic E-state index is 0.0587. The van der Waals surface area contributed by atoms with Gasteiger partial charge in [0.05, 0.1) is 11.3 Å². The lowest BCUT2D eigenvalue weighted by Crippen LogP contribution is -2.49. The van der Waals surface area contributed by atoms with Crippen LogP contribution < -0.4 is 0 Å². The summed E-state index contributed by atoms with van der Waals surface area (Å²) in [5.74, 6) is 0.0587. The average molecular weight is 336 g/mol. The fraction of sp³-hybridized carbons (Fsp3) is 0.450. The van der Waals surface area contributed by atoms with E-state index in [1.165, 1.54) is 38.7 Å². The van der Waals surface area contributed by atoms with Crippen molar-refractivity contribution in [1.29, 1.82) is 0 Å². The molecule has 2 fully saturated rings. The molecule has 5 heteroatoms. The molecule has 1 aromatic heterocycles. The zero-order valence-electron chi connectivity index (χ0n) is 14.5. The Morgan fingerprint density at radius 1 is 1.04 bits per heavy atom. The molecule has 0 bridgehead atoms. The molecule has 3 heterocycles. The predicted molar refractivity (Wildman–Crippen MR) is 97.2 cm³/mol. The average Bonchev–Trinajstić information content (AvgIpc) is 3.23. The Bertz CT molecular complexity index is 727. The van der Waals surface area contributed by atoms with Crippen molar-refractivity contribution in [3.05, 3.63) is 48.4 Å². The van der Waals surface area contributed by atoms with Crippen molar-refractivity contribution in [2.24, 2.45) is 0 Å². The summed E-state index contributed by atoms with van der Waals surface area (Å²) >= 11 is 0. The number of hydrogen-bond donors (Lipinski definition) is 0. The monoisotopic (exact) mass is 336 g/mol. The number of nitrogens with zero attached hydrogens (tertiary/aromatic N) is 4. The quantitative estimate of drug-likeness (QED) is 0.865. The Balaban J connectivity index is 1.56. The number of rotatable bonds is 3. The molecule has 0 radical (unpaired) electrons. The van der Waals surface area contributed by atoms with E-state index < -0.39 is 0 Å². The van der Waals surface area contributed by atoms with E-state index in [4.69, 9.17) is 0 Å². The third-order valence-electron chi connectivity index (χ3n) is 5.33. The van der Waals surface area contributed by atoms with Crippen LogP contribution in [0.1, 0.15) is 36.0 Å². The van der Waals surface area contributed by atoms with E-state index in [1.54, 1.807) is 6.20 Å². The van der Waals surface area contributed by atoms with Crippen LogP contribution in [-0.2, 0) is 0 Å². The van der Waals surface area contributed by atoms with Crippen LogP contribution >= 0.6 is 0 Å². The number of carbonyl (C=O) groups excluding carboxylic acids is 1. The zero-order chi connectivity index (χ0) is 17.1. The molecule has 2 saturated heterocycles. The lowest BCUT2D eigenvalue weighted by atomic mass is 10.0. The van der Waals surface area contributed by atoms with E-state index in [-0.39, 0.29) is 5.91 Å². The minimum Gasteiger partial charge on any atom is -0.337 e. The van der Waals surface area contributed by atoms with Crippen molar-refractivity contribution >= 4 is 5.91 Å². The summed E-state index contributed by atoms with van der Waals surface area (Å²) in [4.78, 5) is 26.2. The number of hydrogen-bond acceptors (Lipinski definition) is 4. The van der Waals surface area contributed by atoms with Crippen LogP contribution in [0.25, 0.3) is 11.3 Å². The summed E-state index contributed by atoms with van der Waals surface area (Å²) in [7, 11) is 0. The van der Waals surface area contributed by atoms with Gasteiger partial charge in [-0.05, 0) is 38.8 Å². The maximum Gasteiger partial charge on any atom is 0.257 e. The number of likely N-dealkylation sites (tertiary alicyclic amines) is 2. The number of piperidine rings is 1. The molecule has 25 heavy (non-hydrogen) atoms. The summed E-state index contributed by atoms with van der Waals surface area (Å²) < 4.78 is 0. The first-order valence-corrected chi connectivity index (χ1v) is 9.21. The number of carbonyl (C=O) groups is 1. The van der Waals surface area contributed by atoms with Gasteiger partial charge in [0, 0.05) is 30.9 Å². The number of aromatic nitrogens is 2. The summed E-state index contributed by atoms with van der Waals surface area (Å²) in [5.41, 5.74) is 2.29. The lowest BCUT2D eigenvalue weighted by molar-refractivity contribution is 0.0608. The summed E-state index contributed by atoms with van der Waals surface area (Å²) in [6.45, 7) is 4.00. The molecule has 1 aromatic carbocycles. The largest absolute Gasteiger partial charge is 0.337 e. The third kappa shape index (κ3) is 3.42. The van der Waals surface area contributed by atoms with Crippen molar-refractivity contribution in [3.63, 3.8) is 0 Å². The molecule has 0 spiro atoms. The Labute approximate surface area is 148 Å². The van der Waals surface area contributed by atoms with Crippen molar-refractivity contribution in [3.8, 4) is 11.3 Å². The molecule has 5 nitrogen and oxygen atoms in total. The lowest BCUT2D eigenvalue weighted by Gasteiger charge is -2.37. The van der Waals surface area contributed by atoms with Crippen LogP contribution in [0.2, 0.25) is 0 Å². The molecule has 130 valence electrons. The first-order valence-electron chi connectivity index (χ1n) is 9.21. The Kier molecular flexibility index (Phi) is 4.74. The summed E-state index contributed by atoms with van der Waals surface area (Å²) in [6, 6.07) is 10.4. The molecule has 1 unspecified atom stereocenters. The molecule has 2 aromatic rings. The third-order valence-corrected chi connectivity index (χ3v) is 5.33. The Hall–Kier alpha value is -2.27. The summed E-state index contributed by atoms with van der Waals surface area (Å²) in [6.07, 6.45) is 8.02. The van der Waals surface area contributed by atoms with Crippen LogP contribution in [0.15, 0.2) is 42.9 Å². The highest BCUT2D eigenvalue weighted by Gasteiger charge is 2.30. The SMILES string of the molecule is O=C(c1cncnc1-c1ccccc1)N1CCCC(N2CCCC2)C1. The molecule has 0 N–H and O–H groups in total. The minimum absolute atomic E-state index is 0.0587. The highest BCUT2D eigenvalue weighted by atomic mass is 16.2. The van der Waals surface area contributed by atoms with Crippen LogP contribution in [0.5, 0.6) is 0 Å². The number of benzene rings is 1. The molecule has 2 aliphatic heterocycles. The van der Waals surface area contributed by atoms with E-state index in [1.807, 2.05) is 35.2 Å². The molecular formula is C20H24N4O. The molecule has 0 saturated carbocycles. The highest BCUT2D eigenvalue weighted by Crippen LogP contribution is 2.25. The van der Waals surface area contributed by atoms with Crippen LogP contribution in [-0.4, -0.2) is 57.9 Å².